The third-order valence-corrected chi connectivity index (χ3v) is 3.82. The number of likely N-dealkylation sites (N-methyl/N-ethyl adjacent to an activating group) is 1. The van der Waals surface area contributed by atoms with Crippen LogP contribution in [0.15, 0.2) is 0 Å². The van der Waals surface area contributed by atoms with Crippen LogP contribution < -0.4 is 0 Å². The molecular weight excluding hydrogens is 214 g/mol. The molecule has 0 N–H and O–H groups in total. The summed E-state index contributed by atoms with van der Waals surface area (Å²) in [6.07, 6.45) is 1.90. The molecule has 0 rings (SSSR count). The number of rotatable bonds is 8. The number of ether oxygens (including phenoxy) is 1. The second-order valence-corrected chi connectivity index (χ2v) is 5.75. The monoisotopic (exact) mass is 244 g/mol. The fraction of sp³-hybridized carbons (Fsp3) is 0.929. The number of quaternary nitrogens is 1. The van der Waals surface area contributed by atoms with Gasteiger partial charge in [0.05, 0.1) is 25.6 Å². The molecule has 0 bridgehead atoms. The van der Waals surface area contributed by atoms with Crippen molar-refractivity contribution in [3.05, 3.63) is 0 Å². The number of nitrogens with zero attached hydrogens (tertiary/aromatic N) is 1. The van der Waals surface area contributed by atoms with E-state index in [4.69, 9.17) is 4.74 Å². The summed E-state index contributed by atoms with van der Waals surface area (Å²) in [5, 5.41) is 0. The van der Waals surface area contributed by atoms with Crippen molar-refractivity contribution in [1.29, 1.82) is 0 Å². The zero-order valence-corrected chi connectivity index (χ0v) is 12.5. The molecule has 0 unspecified atom stereocenters. The van der Waals surface area contributed by atoms with Gasteiger partial charge in [-0.1, -0.05) is 13.3 Å². The molecule has 0 amide bonds. The Morgan fingerprint density at radius 3 is 2.12 bits per heavy atom. The standard InChI is InChI=1S/C14H30NO2/c1-7-10-14(4,5)13(16)17-12-11-15(6,8-2)9-3/h7-12H2,1-6H3/q+1. The second-order valence-electron chi connectivity index (χ2n) is 5.75. The fourth-order valence-corrected chi connectivity index (χ4v) is 1.82. The Morgan fingerprint density at radius 2 is 1.71 bits per heavy atom. The van der Waals surface area contributed by atoms with E-state index in [1.807, 2.05) is 13.8 Å². The van der Waals surface area contributed by atoms with Crippen LogP contribution in [0.25, 0.3) is 0 Å². The van der Waals surface area contributed by atoms with Crippen molar-refractivity contribution in [1.82, 2.24) is 0 Å². The summed E-state index contributed by atoms with van der Waals surface area (Å²) >= 11 is 0. The first kappa shape index (κ1) is 16.4. The van der Waals surface area contributed by atoms with Crippen LogP contribution in [-0.2, 0) is 9.53 Å². The molecule has 0 aromatic carbocycles. The van der Waals surface area contributed by atoms with Crippen LogP contribution in [0.2, 0.25) is 0 Å². The molecule has 0 spiro atoms. The Bertz CT molecular complexity index is 232. The lowest BCUT2D eigenvalue weighted by molar-refractivity contribution is -0.906. The summed E-state index contributed by atoms with van der Waals surface area (Å²) in [4.78, 5) is 11.9. The Kier molecular flexibility index (Phi) is 6.76. The molecule has 0 aromatic heterocycles. The Balaban J connectivity index is 4.09. The molecule has 3 nitrogen and oxygen atoms in total. The molecule has 0 aliphatic heterocycles. The van der Waals surface area contributed by atoms with Gasteiger partial charge in [0, 0.05) is 0 Å². The summed E-state index contributed by atoms with van der Waals surface area (Å²) in [5.41, 5.74) is -0.337. The van der Waals surface area contributed by atoms with Crippen molar-refractivity contribution >= 4 is 5.97 Å². The lowest BCUT2D eigenvalue weighted by atomic mass is 9.88. The van der Waals surface area contributed by atoms with Crippen molar-refractivity contribution in [3.8, 4) is 0 Å². The number of hydrogen-bond donors (Lipinski definition) is 0. The van der Waals surface area contributed by atoms with Gasteiger partial charge in [0.25, 0.3) is 0 Å². The van der Waals surface area contributed by atoms with E-state index in [0.717, 1.165) is 37.0 Å². The summed E-state index contributed by atoms with van der Waals surface area (Å²) < 4.78 is 6.36. The van der Waals surface area contributed by atoms with E-state index in [1.165, 1.54) is 0 Å². The first-order valence-corrected chi connectivity index (χ1v) is 6.82. The van der Waals surface area contributed by atoms with Crippen LogP contribution in [0.3, 0.4) is 0 Å². The summed E-state index contributed by atoms with van der Waals surface area (Å²) in [6.45, 7) is 14.0. The van der Waals surface area contributed by atoms with Gasteiger partial charge in [0.2, 0.25) is 0 Å². The third kappa shape index (κ3) is 5.53. The van der Waals surface area contributed by atoms with Gasteiger partial charge in [-0.3, -0.25) is 4.79 Å². The smallest absolute Gasteiger partial charge is 0.311 e. The van der Waals surface area contributed by atoms with E-state index < -0.39 is 0 Å². The van der Waals surface area contributed by atoms with E-state index in [1.54, 1.807) is 0 Å². The minimum atomic E-state index is -0.337. The van der Waals surface area contributed by atoms with Gasteiger partial charge >= 0.3 is 5.97 Å². The molecule has 0 heterocycles. The molecule has 0 atom stereocenters. The first-order valence-electron chi connectivity index (χ1n) is 6.82. The maximum Gasteiger partial charge on any atom is 0.311 e. The molecule has 0 fully saturated rings. The largest absolute Gasteiger partial charge is 0.459 e. The van der Waals surface area contributed by atoms with Gasteiger partial charge < -0.3 is 9.22 Å². The molecule has 0 aliphatic rings. The highest BCUT2D eigenvalue weighted by Gasteiger charge is 2.28. The topological polar surface area (TPSA) is 26.3 Å². The molecule has 0 saturated heterocycles. The van der Waals surface area contributed by atoms with Crippen molar-refractivity contribution in [2.45, 2.75) is 47.5 Å². The minimum Gasteiger partial charge on any atom is -0.459 e. The van der Waals surface area contributed by atoms with E-state index in [2.05, 4.69) is 27.8 Å². The van der Waals surface area contributed by atoms with Crippen LogP contribution in [0.1, 0.15) is 47.5 Å². The van der Waals surface area contributed by atoms with Crippen molar-refractivity contribution in [2.75, 3.05) is 33.3 Å². The number of carbonyl (C=O) groups excluding carboxylic acids is 1. The van der Waals surface area contributed by atoms with Gasteiger partial charge in [-0.05, 0) is 34.1 Å². The average molecular weight is 244 g/mol. The maximum atomic E-state index is 11.9. The van der Waals surface area contributed by atoms with Crippen LogP contribution in [0.4, 0.5) is 0 Å². The average Bonchev–Trinajstić information content (AvgIpc) is 2.28. The Morgan fingerprint density at radius 1 is 1.18 bits per heavy atom. The highest BCUT2D eigenvalue weighted by Crippen LogP contribution is 2.23. The molecule has 0 aromatic rings. The SMILES string of the molecule is CCCC(C)(C)C(=O)OCC[N+](C)(CC)CC. The van der Waals surface area contributed by atoms with E-state index >= 15 is 0 Å². The normalized spacial score (nSPS) is 12.6. The molecule has 0 radical (unpaired) electrons. The van der Waals surface area contributed by atoms with Crippen LogP contribution in [0, 0.1) is 5.41 Å². The summed E-state index contributed by atoms with van der Waals surface area (Å²) in [5.74, 6) is -0.0573. The Labute approximate surface area is 107 Å². The Hall–Kier alpha value is -0.570. The van der Waals surface area contributed by atoms with Gasteiger partial charge in [-0.2, -0.15) is 0 Å². The molecular formula is C14H30NO2+. The molecule has 102 valence electrons. The predicted molar refractivity (Wildman–Crippen MR) is 71.8 cm³/mol. The van der Waals surface area contributed by atoms with E-state index in [9.17, 15) is 4.79 Å². The van der Waals surface area contributed by atoms with E-state index in [-0.39, 0.29) is 11.4 Å². The molecule has 3 heteroatoms. The quantitative estimate of drug-likeness (QED) is 0.485. The minimum absolute atomic E-state index is 0.0573. The number of esters is 1. The zero-order valence-electron chi connectivity index (χ0n) is 12.5. The molecule has 0 saturated carbocycles. The first-order chi connectivity index (χ1) is 7.81. The lowest BCUT2D eigenvalue weighted by Gasteiger charge is -2.32. The van der Waals surface area contributed by atoms with Crippen LogP contribution in [0.5, 0.6) is 0 Å². The van der Waals surface area contributed by atoms with Gasteiger partial charge in [0.1, 0.15) is 13.2 Å². The summed E-state index contributed by atoms with van der Waals surface area (Å²) in [6, 6.07) is 0. The highest BCUT2D eigenvalue weighted by atomic mass is 16.5. The zero-order chi connectivity index (χ0) is 13.5. The maximum absolute atomic E-state index is 11.9. The number of carbonyl (C=O) groups is 1. The third-order valence-electron chi connectivity index (χ3n) is 3.82. The van der Waals surface area contributed by atoms with Crippen LogP contribution >= 0.6 is 0 Å². The summed E-state index contributed by atoms with van der Waals surface area (Å²) in [7, 11) is 2.20. The highest BCUT2D eigenvalue weighted by molar-refractivity contribution is 5.75. The lowest BCUT2D eigenvalue weighted by Crippen LogP contribution is -2.46. The van der Waals surface area contributed by atoms with E-state index in [0.29, 0.717) is 6.61 Å². The van der Waals surface area contributed by atoms with Crippen LogP contribution in [-0.4, -0.2) is 43.7 Å². The van der Waals surface area contributed by atoms with Gasteiger partial charge in [-0.25, -0.2) is 0 Å². The van der Waals surface area contributed by atoms with Gasteiger partial charge in [0.15, 0.2) is 0 Å². The molecule has 17 heavy (non-hydrogen) atoms. The van der Waals surface area contributed by atoms with Crippen molar-refractivity contribution in [2.24, 2.45) is 5.41 Å². The van der Waals surface area contributed by atoms with Crippen molar-refractivity contribution < 1.29 is 14.0 Å². The molecule has 0 aliphatic carbocycles. The van der Waals surface area contributed by atoms with Crippen molar-refractivity contribution in [3.63, 3.8) is 0 Å². The van der Waals surface area contributed by atoms with Gasteiger partial charge in [-0.15, -0.1) is 0 Å². The number of hydrogen-bond acceptors (Lipinski definition) is 2. The predicted octanol–water partition coefficient (Wildman–Crippen LogP) is 2.84. The second kappa shape index (κ2) is 7.00. The fourth-order valence-electron chi connectivity index (χ4n) is 1.82.